The Morgan fingerprint density at radius 2 is 2.43 bits per heavy atom. The van der Waals surface area contributed by atoms with Gasteiger partial charge in [-0.1, -0.05) is 0 Å². The molecular weight excluding hydrogens is 188 g/mol. The molecule has 0 aliphatic carbocycles. The first kappa shape index (κ1) is 10.4. The Kier molecular flexibility index (Phi) is 3.37. The van der Waals surface area contributed by atoms with Crippen molar-refractivity contribution in [3.8, 4) is 0 Å². The average molecular weight is 200 g/mol. The third kappa shape index (κ3) is 2.18. The summed E-state index contributed by atoms with van der Waals surface area (Å²) in [4.78, 5) is 10.6. The molecule has 0 unspecified atom stereocenters. The van der Waals surface area contributed by atoms with Gasteiger partial charge in [0.2, 0.25) is 5.69 Å². The Labute approximate surface area is 80.1 Å². The van der Waals surface area contributed by atoms with E-state index in [0.29, 0.717) is 13.1 Å². The second-order valence-electron chi connectivity index (χ2n) is 2.60. The molecule has 0 fully saturated rings. The number of carboxylic acid groups (broad SMARTS) is 1. The van der Waals surface area contributed by atoms with E-state index in [9.17, 15) is 4.79 Å². The summed E-state index contributed by atoms with van der Waals surface area (Å²) in [5.41, 5.74) is -0.177. The fraction of sp³-hybridized carbons (Fsp3) is 0.500. The zero-order valence-electron chi connectivity index (χ0n) is 7.69. The van der Waals surface area contributed by atoms with Gasteiger partial charge in [-0.15, -0.1) is 10.2 Å². The average Bonchev–Trinajstić information content (AvgIpc) is 2.62. The van der Waals surface area contributed by atoms with Crippen molar-refractivity contribution in [2.75, 3.05) is 25.1 Å². The number of H-pyrrole nitrogens is 1. The Morgan fingerprint density at radius 1 is 1.71 bits per heavy atom. The molecule has 0 aliphatic heterocycles. The Morgan fingerprint density at radius 3 is 3.00 bits per heavy atom. The molecule has 0 aliphatic rings. The van der Waals surface area contributed by atoms with E-state index in [4.69, 9.17) is 10.9 Å². The molecule has 8 heteroatoms. The molecule has 5 N–H and O–H groups in total. The smallest absolute Gasteiger partial charge is 0.360 e. The van der Waals surface area contributed by atoms with Crippen molar-refractivity contribution in [2.45, 2.75) is 0 Å². The lowest BCUT2D eigenvalue weighted by Gasteiger charge is -2.14. The zero-order valence-corrected chi connectivity index (χ0v) is 7.69. The standard InChI is InChI=1S/C6H12N6O2/c1-8-2-3-12(7)5-4(6(13)14)9-11-10-5/h8H,2-3,7H2,1H3,(H,13,14)(H,9,10,11). The molecule has 0 radical (unpaired) electrons. The molecule has 1 aromatic heterocycles. The largest absolute Gasteiger partial charge is 0.476 e. The summed E-state index contributed by atoms with van der Waals surface area (Å²) in [7, 11) is 1.77. The topological polar surface area (TPSA) is 120 Å². The van der Waals surface area contributed by atoms with Crippen LogP contribution in [0.15, 0.2) is 0 Å². The molecule has 0 spiro atoms. The summed E-state index contributed by atoms with van der Waals surface area (Å²) in [6.07, 6.45) is 0. The summed E-state index contributed by atoms with van der Waals surface area (Å²) < 4.78 is 0. The third-order valence-electron chi connectivity index (χ3n) is 1.61. The lowest BCUT2D eigenvalue weighted by Crippen LogP contribution is -2.37. The van der Waals surface area contributed by atoms with Crippen LogP contribution in [-0.4, -0.2) is 46.6 Å². The fourth-order valence-electron chi connectivity index (χ4n) is 0.907. The number of nitrogens with zero attached hydrogens (tertiary/aromatic N) is 3. The number of aromatic amines is 1. The van der Waals surface area contributed by atoms with E-state index in [0.717, 1.165) is 0 Å². The number of likely N-dealkylation sites (N-methyl/N-ethyl adjacent to an activating group) is 1. The monoisotopic (exact) mass is 200 g/mol. The minimum Gasteiger partial charge on any atom is -0.476 e. The van der Waals surface area contributed by atoms with Gasteiger partial charge in [0.05, 0.1) is 0 Å². The van der Waals surface area contributed by atoms with Gasteiger partial charge < -0.3 is 10.4 Å². The van der Waals surface area contributed by atoms with E-state index >= 15 is 0 Å². The maximum atomic E-state index is 10.6. The second-order valence-corrected chi connectivity index (χ2v) is 2.60. The SMILES string of the molecule is CNCCN(N)c1n[nH]nc1C(=O)O. The van der Waals surface area contributed by atoms with Gasteiger partial charge in [-0.05, 0) is 7.05 Å². The van der Waals surface area contributed by atoms with Crippen LogP contribution < -0.4 is 16.2 Å². The van der Waals surface area contributed by atoms with Gasteiger partial charge in [-0.3, -0.25) is 5.01 Å². The number of carbonyl (C=O) groups is 1. The lowest BCUT2D eigenvalue weighted by molar-refractivity contribution is 0.0691. The van der Waals surface area contributed by atoms with E-state index in [-0.39, 0.29) is 11.5 Å². The number of nitrogens with two attached hydrogens (primary N) is 1. The number of nitrogens with one attached hydrogen (secondary N) is 2. The minimum atomic E-state index is -1.16. The van der Waals surface area contributed by atoms with Crippen molar-refractivity contribution in [1.82, 2.24) is 20.7 Å². The van der Waals surface area contributed by atoms with E-state index in [1.54, 1.807) is 7.05 Å². The highest BCUT2D eigenvalue weighted by atomic mass is 16.4. The van der Waals surface area contributed by atoms with Gasteiger partial charge in [-0.25, -0.2) is 10.6 Å². The molecule has 0 bridgehead atoms. The Hall–Kier alpha value is -1.67. The van der Waals surface area contributed by atoms with Crippen LogP contribution in [0.3, 0.4) is 0 Å². The van der Waals surface area contributed by atoms with Crippen molar-refractivity contribution < 1.29 is 9.90 Å². The van der Waals surface area contributed by atoms with Crippen LogP contribution in [0.4, 0.5) is 5.82 Å². The number of carboxylic acids is 1. The van der Waals surface area contributed by atoms with Crippen molar-refractivity contribution in [3.05, 3.63) is 5.69 Å². The highest BCUT2D eigenvalue weighted by Crippen LogP contribution is 2.10. The number of hydrogen-bond donors (Lipinski definition) is 4. The Balaban J connectivity index is 2.73. The van der Waals surface area contributed by atoms with Crippen LogP contribution in [0.25, 0.3) is 0 Å². The van der Waals surface area contributed by atoms with Crippen LogP contribution in [0.1, 0.15) is 10.5 Å². The number of anilines is 1. The third-order valence-corrected chi connectivity index (χ3v) is 1.61. The fourth-order valence-corrected chi connectivity index (χ4v) is 0.907. The molecule has 0 amide bonds. The molecule has 14 heavy (non-hydrogen) atoms. The van der Waals surface area contributed by atoms with Gasteiger partial charge in [-0.2, -0.15) is 5.21 Å². The molecule has 8 nitrogen and oxygen atoms in total. The van der Waals surface area contributed by atoms with Crippen LogP contribution in [0, 0.1) is 0 Å². The number of aromatic nitrogens is 3. The van der Waals surface area contributed by atoms with E-state index in [1.165, 1.54) is 5.01 Å². The summed E-state index contributed by atoms with van der Waals surface area (Å²) >= 11 is 0. The number of hydrazine groups is 1. The first-order valence-corrected chi connectivity index (χ1v) is 3.97. The Bertz CT molecular complexity index is 311. The van der Waals surface area contributed by atoms with Crippen LogP contribution in [0.5, 0.6) is 0 Å². The van der Waals surface area contributed by atoms with Crippen LogP contribution >= 0.6 is 0 Å². The molecule has 0 saturated heterocycles. The van der Waals surface area contributed by atoms with Gasteiger partial charge in [0, 0.05) is 13.1 Å². The normalized spacial score (nSPS) is 10.1. The summed E-state index contributed by atoms with van der Waals surface area (Å²) in [6, 6.07) is 0. The highest BCUT2D eigenvalue weighted by molar-refractivity contribution is 5.90. The van der Waals surface area contributed by atoms with Gasteiger partial charge in [0.15, 0.2) is 5.82 Å². The summed E-state index contributed by atoms with van der Waals surface area (Å²) in [6.45, 7) is 1.08. The molecule has 0 saturated carbocycles. The highest BCUT2D eigenvalue weighted by Gasteiger charge is 2.18. The lowest BCUT2D eigenvalue weighted by atomic mass is 10.4. The van der Waals surface area contributed by atoms with E-state index < -0.39 is 5.97 Å². The molecule has 0 atom stereocenters. The van der Waals surface area contributed by atoms with Gasteiger partial charge >= 0.3 is 5.97 Å². The molecule has 1 rings (SSSR count). The molecular formula is C6H12N6O2. The second kappa shape index (κ2) is 4.53. The van der Waals surface area contributed by atoms with Crippen LogP contribution in [-0.2, 0) is 0 Å². The maximum Gasteiger partial charge on any atom is 0.360 e. The van der Waals surface area contributed by atoms with Crippen molar-refractivity contribution in [3.63, 3.8) is 0 Å². The zero-order chi connectivity index (χ0) is 10.6. The van der Waals surface area contributed by atoms with E-state index in [2.05, 4.69) is 20.7 Å². The predicted octanol–water partition coefficient (Wildman–Crippen LogP) is -1.60. The molecule has 78 valence electrons. The molecule has 1 aromatic rings. The van der Waals surface area contributed by atoms with Crippen molar-refractivity contribution in [2.24, 2.45) is 5.84 Å². The predicted molar refractivity (Wildman–Crippen MR) is 48.8 cm³/mol. The van der Waals surface area contributed by atoms with Gasteiger partial charge in [0.25, 0.3) is 0 Å². The summed E-state index contributed by atoms with van der Waals surface area (Å²) in [5.74, 6) is 4.55. The number of rotatable bonds is 5. The number of hydrogen-bond acceptors (Lipinski definition) is 6. The maximum absolute atomic E-state index is 10.6. The van der Waals surface area contributed by atoms with E-state index in [1.807, 2.05) is 0 Å². The van der Waals surface area contributed by atoms with Crippen molar-refractivity contribution >= 4 is 11.8 Å². The number of aromatic carboxylic acids is 1. The quantitative estimate of drug-likeness (QED) is 0.334. The first-order chi connectivity index (χ1) is 6.66. The summed E-state index contributed by atoms with van der Waals surface area (Å²) in [5, 5.41) is 22.1. The minimum absolute atomic E-state index is 0.132. The first-order valence-electron chi connectivity index (χ1n) is 3.97. The van der Waals surface area contributed by atoms with Gasteiger partial charge in [0.1, 0.15) is 0 Å². The van der Waals surface area contributed by atoms with Crippen molar-refractivity contribution in [1.29, 1.82) is 0 Å². The molecule has 1 heterocycles. The molecule has 0 aromatic carbocycles. The van der Waals surface area contributed by atoms with Crippen LogP contribution in [0.2, 0.25) is 0 Å².